The molecule has 2 aliphatic carbocycles. The molecule has 0 aliphatic heterocycles. The van der Waals surface area contributed by atoms with Gasteiger partial charge in [-0.15, -0.1) is 4.52 Å². The zero-order valence-electron chi connectivity index (χ0n) is 13.5. The molecule has 0 radical (unpaired) electrons. The minimum atomic E-state index is -1.45. The summed E-state index contributed by atoms with van der Waals surface area (Å²) in [5, 5.41) is 0. The van der Waals surface area contributed by atoms with E-state index in [1.165, 1.54) is 44.9 Å². The summed E-state index contributed by atoms with van der Waals surface area (Å²) in [6.45, 7) is 6.87. The van der Waals surface area contributed by atoms with E-state index in [0.717, 1.165) is 18.5 Å². The van der Waals surface area contributed by atoms with Crippen molar-refractivity contribution >= 4 is 8.03 Å². The van der Waals surface area contributed by atoms with Gasteiger partial charge in [-0.2, -0.15) is 0 Å². The fourth-order valence-corrected chi connectivity index (χ4v) is 5.43. The van der Waals surface area contributed by atoms with E-state index >= 15 is 0 Å². The Balaban J connectivity index is 1.83. The van der Waals surface area contributed by atoms with E-state index in [1.54, 1.807) is 0 Å². The van der Waals surface area contributed by atoms with Crippen molar-refractivity contribution in [1.82, 2.24) is 0 Å². The Morgan fingerprint density at radius 2 is 1.80 bits per heavy atom. The Kier molecular flexibility index (Phi) is 6.49. The molecule has 20 heavy (non-hydrogen) atoms. The molecule has 0 aromatic heterocycles. The first-order valence-corrected chi connectivity index (χ1v) is 10.0. The molecule has 2 nitrogen and oxygen atoms in total. The van der Waals surface area contributed by atoms with E-state index in [4.69, 9.17) is 4.52 Å². The van der Waals surface area contributed by atoms with Crippen LogP contribution in [0.15, 0.2) is 0 Å². The monoisotopic (exact) mass is 299 g/mol. The summed E-state index contributed by atoms with van der Waals surface area (Å²) >= 11 is 0. The van der Waals surface area contributed by atoms with Gasteiger partial charge in [0.25, 0.3) is 0 Å². The fourth-order valence-electron chi connectivity index (χ4n) is 4.01. The minimum absolute atomic E-state index is 0.242. The van der Waals surface area contributed by atoms with E-state index in [9.17, 15) is 4.57 Å². The maximum atomic E-state index is 12.4. The summed E-state index contributed by atoms with van der Waals surface area (Å²) in [5.74, 6) is 2.64. The van der Waals surface area contributed by atoms with E-state index in [0.29, 0.717) is 17.8 Å². The first-order valence-electron chi connectivity index (χ1n) is 8.67. The van der Waals surface area contributed by atoms with Gasteiger partial charge in [0, 0.05) is 5.92 Å². The van der Waals surface area contributed by atoms with Gasteiger partial charge in [0.15, 0.2) is 6.16 Å². The lowest BCUT2D eigenvalue weighted by atomic mass is 9.75. The third kappa shape index (κ3) is 4.81. The van der Waals surface area contributed by atoms with Crippen molar-refractivity contribution in [2.45, 2.75) is 78.2 Å². The Labute approximate surface area is 125 Å². The van der Waals surface area contributed by atoms with Gasteiger partial charge in [-0.3, -0.25) is 0 Å². The van der Waals surface area contributed by atoms with Crippen LogP contribution in [0.25, 0.3) is 0 Å². The highest BCUT2D eigenvalue weighted by atomic mass is 31.1. The van der Waals surface area contributed by atoms with Crippen LogP contribution in [-0.2, 0) is 9.09 Å². The minimum Gasteiger partial charge on any atom is -0.143 e. The van der Waals surface area contributed by atoms with E-state index in [-0.39, 0.29) is 6.10 Å². The van der Waals surface area contributed by atoms with Gasteiger partial charge in [-0.05, 0) is 48.0 Å². The van der Waals surface area contributed by atoms with E-state index < -0.39 is 8.03 Å². The zero-order valence-corrected chi connectivity index (χ0v) is 14.4. The van der Waals surface area contributed by atoms with Crippen molar-refractivity contribution in [3.05, 3.63) is 0 Å². The molecule has 2 saturated carbocycles. The van der Waals surface area contributed by atoms with Crippen LogP contribution in [0.4, 0.5) is 0 Å². The van der Waals surface area contributed by atoms with Crippen molar-refractivity contribution in [2.24, 2.45) is 23.7 Å². The van der Waals surface area contributed by atoms with Crippen molar-refractivity contribution < 1.29 is 9.09 Å². The Morgan fingerprint density at radius 3 is 2.45 bits per heavy atom. The summed E-state index contributed by atoms with van der Waals surface area (Å²) in [7, 11) is -1.45. The lowest BCUT2D eigenvalue weighted by molar-refractivity contribution is 0.0518. The maximum absolute atomic E-state index is 12.4. The summed E-state index contributed by atoms with van der Waals surface area (Å²) < 4.78 is 18.4. The Morgan fingerprint density at radius 1 is 1.10 bits per heavy atom. The zero-order chi connectivity index (χ0) is 14.5. The highest BCUT2D eigenvalue weighted by Crippen LogP contribution is 2.42. The SMILES string of the molecule is CC1CCC(C(C)C)C(O[P+](=O)CC2CCCCC2)C1. The van der Waals surface area contributed by atoms with E-state index in [1.807, 2.05) is 0 Å². The second kappa shape index (κ2) is 7.90. The van der Waals surface area contributed by atoms with Crippen LogP contribution in [0.3, 0.4) is 0 Å². The first kappa shape index (κ1) is 16.4. The molecule has 4 atom stereocenters. The molecule has 0 N–H and O–H groups in total. The van der Waals surface area contributed by atoms with Crippen molar-refractivity contribution in [1.29, 1.82) is 0 Å². The van der Waals surface area contributed by atoms with Crippen LogP contribution in [-0.4, -0.2) is 12.3 Å². The molecule has 0 heterocycles. The lowest BCUT2D eigenvalue weighted by Crippen LogP contribution is -2.33. The summed E-state index contributed by atoms with van der Waals surface area (Å²) in [6, 6.07) is 0. The Bertz CT molecular complexity index is 310. The molecule has 2 aliphatic rings. The fraction of sp³-hybridized carbons (Fsp3) is 1.00. The van der Waals surface area contributed by atoms with Gasteiger partial charge < -0.3 is 0 Å². The topological polar surface area (TPSA) is 26.3 Å². The predicted molar refractivity (Wildman–Crippen MR) is 85.3 cm³/mol. The van der Waals surface area contributed by atoms with Crippen LogP contribution >= 0.6 is 8.03 Å². The van der Waals surface area contributed by atoms with Crippen LogP contribution in [0.1, 0.15) is 72.1 Å². The quantitative estimate of drug-likeness (QED) is 0.601. The van der Waals surface area contributed by atoms with Gasteiger partial charge >= 0.3 is 8.03 Å². The molecular formula is C17H32O2P+. The van der Waals surface area contributed by atoms with Crippen molar-refractivity contribution in [3.63, 3.8) is 0 Å². The van der Waals surface area contributed by atoms with Gasteiger partial charge in [0.05, 0.1) is 0 Å². The van der Waals surface area contributed by atoms with Crippen LogP contribution < -0.4 is 0 Å². The van der Waals surface area contributed by atoms with E-state index in [2.05, 4.69) is 20.8 Å². The van der Waals surface area contributed by atoms with Crippen LogP contribution in [0.5, 0.6) is 0 Å². The predicted octanol–water partition coefficient (Wildman–Crippen LogP) is 5.79. The Hall–Kier alpha value is 0.0600. The molecule has 0 amide bonds. The number of rotatable bonds is 5. The standard InChI is InChI=1S/C17H32O2P/c1-13(2)16-10-9-14(3)11-17(16)19-20(18)12-15-7-5-4-6-8-15/h13-17H,4-12H2,1-3H3/q+1. The maximum Gasteiger partial charge on any atom is 0.508 e. The van der Waals surface area contributed by atoms with Gasteiger partial charge in [-0.1, -0.05) is 46.5 Å². The molecular weight excluding hydrogens is 267 g/mol. The van der Waals surface area contributed by atoms with Gasteiger partial charge in [0.1, 0.15) is 6.10 Å². The molecule has 3 heteroatoms. The largest absolute Gasteiger partial charge is 0.508 e. The second-order valence-corrected chi connectivity index (χ2v) is 8.73. The molecule has 0 aromatic rings. The summed E-state index contributed by atoms with van der Waals surface area (Å²) in [4.78, 5) is 0. The third-order valence-electron chi connectivity index (χ3n) is 5.35. The second-order valence-electron chi connectivity index (χ2n) is 7.49. The van der Waals surface area contributed by atoms with Gasteiger partial charge in [0.2, 0.25) is 0 Å². The lowest BCUT2D eigenvalue weighted by Gasteiger charge is -2.34. The number of hydrogen-bond donors (Lipinski definition) is 0. The van der Waals surface area contributed by atoms with Crippen molar-refractivity contribution in [2.75, 3.05) is 6.16 Å². The molecule has 2 fully saturated rings. The molecule has 0 aromatic carbocycles. The highest BCUT2D eigenvalue weighted by molar-refractivity contribution is 7.39. The van der Waals surface area contributed by atoms with Crippen molar-refractivity contribution in [3.8, 4) is 0 Å². The molecule has 4 unspecified atom stereocenters. The smallest absolute Gasteiger partial charge is 0.143 e. The third-order valence-corrected chi connectivity index (χ3v) is 6.67. The molecule has 0 bridgehead atoms. The summed E-state index contributed by atoms with van der Waals surface area (Å²) in [6.07, 6.45) is 11.2. The average molecular weight is 299 g/mol. The molecule has 2 rings (SSSR count). The number of hydrogen-bond acceptors (Lipinski definition) is 2. The average Bonchev–Trinajstić information content (AvgIpc) is 2.39. The normalized spacial score (nSPS) is 33.4. The van der Waals surface area contributed by atoms with Crippen LogP contribution in [0.2, 0.25) is 0 Å². The highest BCUT2D eigenvalue weighted by Gasteiger charge is 2.38. The van der Waals surface area contributed by atoms with Crippen LogP contribution in [0, 0.1) is 23.7 Å². The van der Waals surface area contributed by atoms with Gasteiger partial charge in [-0.25, -0.2) is 0 Å². The summed E-state index contributed by atoms with van der Waals surface area (Å²) in [5.41, 5.74) is 0. The molecule has 0 spiro atoms. The molecule has 116 valence electrons. The molecule has 0 saturated heterocycles. The first-order chi connectivity index (χ1) is 9.56.